The van der Waals surface area contributed by atoms with Gasteiger partial charge in [0.25, 0.3) is 0 Å². The number of anilines is 1. The summed E-state index contributed by atoms with van der Waals surface area (Å²) in [7, 11) is 1.35. The highest BCUT2D eigenvalue weighted by Crippen LogP contribution is 2.20. The van der Waals surface area contributed by atoms with Gasteiger partial charge in [-0.3, -0.25) is 14.7 Å². The zero-order valence-electron chi connectivity index (χ0n) is 12.5. The van der Waals surface area contributed by atoms with Crippen molar-refractivity contribution in [1.82, 2.24) is 10.2 Å². The van der Waals surface area contributed by atoms with Crippen molar-refractivity contribution >= 4 is 52.0 Å². The van der Waals surface area contributed by atoms with Crippen molar-refractivity contribution in [2.24, 2.45) is 0 Å². The summed E-state index contributed by atoms with van der Waals surface area (Å²) in [6.07, 6.45) is 0.313. The molecule has 6 nitrogen and oxygen atoms in total. The van der Waals surface area contributed by atoms with Gasteiger partial charge in [-0.1, -0.05) is 12.1 Å². The van der Waals surface area contributed by atoms with Gasteiger partial charge in [-0.15, -0.1) is 11.8 Å². The fourth-order valence-electron chi connectivity index (χ4n) is 1.75. The zero-order valence-corrected chi connectivity index (χ0v) is 15.4. The van der Waals surface area contributed by atoms with Gasteiger partial charge in [-0.25, -0.2) is 0 Å². The Bertz CT molecular complexity index is 673. The number of thioether (sulfide) groups is 1. The average Bonchev–Trinajstić information content (AvgIpc) is 3.00. The van der Waals surface area contributed by atoms with E-state index in [1.54, 1.807) is 6.07 Å². The first-order valence-electron chi connectivity index (χ1n) is 6.84. The van der Waals surface area contributed by atoms with E-state index in [0.717, 1.165) is 14.8 Å². The van der Waals surface area contributed by atoms with Crippen molar-refractivity contribution in [3.63, 3.8) is 0 Å². The number of nitrogens with zero attached hydrogens (tertiary/aromatic N) is 1. The van der Waals surface area contributed by atoms with E-state index in [0.29, 0.717) is 18.0 Å². The summed E-state index contributed by atoms with van der Waals surface area (Å²) in [4.78, 5) is 22.8. The predicted molar refractivity (Wildman–Crippen MR) is 99.3 cm³/mol. The first-order chi connectivity index (χ1) is 11.1. The van der Waals surface area contributed by atoms with E-state index in [-0.39, 0.29) is 17.6 Å². The monoisotopic (exact) mass is 445 g/mol. The molecule has 2 N–H and O–H groups in total. The van der Waals surface area contributed by atoms with Crippen LogP contribution in [0.1, 0.15) is 6.42 Å². The van der Waals surface area contributed by atoms with Crippen LogP contribution in [0.5, 0.6) is 0 Å². The SMILES string of the molecule is COC(=O)CSCCC(=O)Nc1cc(-c2ccc(I)cc2)[nH]n1. The Hall–Kier alpha value is -1.55. The summed E-state index contributed by atoms with van der Waals surface area (Å²) >= 11 is 3.61. The number of halogens is 1. The number of hydrogen-bond donors (Lipinski definition) is 2. The van der Waals surface area contributed by atoms with Gasteiger partial charge in [0, 0.05) is 21.8 Å². The minimum absolute atomic E-state index is 0.136. The molecule has 0 atom stereocenters. The zero-order chi connectivity index (χ0) is 16.7. The highest BCUT2D eigenvalue weighted by atomic mass is 127. The van der Waals surface area contributed by atoms with Gasteiger partial charge in [0.15, 0.2) is 5.82 Å². The second-order valence-corrected chi connectivity index (χ2v) is 6.95. The Kier molecular flexibility index (Phi) is 6.90. The van der Waals surface area contributed by atoms with Crippen molar-refractivity contribution in [3.05, 3.63) is 33.9 Å². The van der Waals surface area contributed by atoms with Crippen LogP contribution < -0.4 is 5.32 Å². The number of methoxy groups -OCH3 is 1. The molecule has 1 aromatic carbocycles. The third-order valence-electron chi connectivity index (χ3n) is 2.92. The number of hydrogen-bond acceptors (Lipinski definition) is 5. The fraction of sp³-hybridized carbons (Fsp3) is 0.267. The van der Waals surface area contributed by atoms with Crippen molar-refractivity contribution < 1.29 is 14.3 Å². The second-order valence-electron chi connectivity index (χ2n) is 4.60. The summed E-state index contributed by atoms with van der Waals surface area (Å²) in [5.41, 5.74) is 1.85. The van der Waals surface area contributed by atoms with Gasteiger partial charge < -0.3 is 10.1 Å². The average molecular weight is 445 g/mol. The Morgan fingerprint density at radius 2 is 2.09 bits per heavy atom. The molecule has 1 aromatic heterocycles. The third kappa shape index (κ3) is 5.87. The highest BCUT2D eigenvalue weighted by molar-refractivity contribution is 14.1. The Balaban J connectivity index is 1.81. The Morgan fingerprint density at radius 3 is 2.78 bits per heavy atom. The maximum absolute atomic E-state index is 11.8. The topological polar surface area (TPSA) is 84.1 Å². The van der Waals surface area contributed by atoms with Gasteiger partial charge in [-0.2, -0.15) is 5.10 Å². The normalized spacial score (nSPS) is 10.3. The van der Waals surface area contributed by atoms with E-state index in [9.17, 15) is 9.59 Å². The number of nitrogens with one attached hydrogen (secondary N) is 2. The van der Waals surface area contributed by atoms with E-state index in [1.165, 1.54) is 18.9 Å². The lowest BCUT2D eigenvalue weighted by Crippen LogP contribution is -2.13. The molecule has 0 fully saturated rings. The maximum Gasteiger partial charge on any atom is 0.315 e. The molecule has 1 heterocycles. The molecule has 0 aliphatic carbocycles. The molecular weight excluding hydrogens is 429 g/mol. The molecule has 1 amide bonds. The Morgan fingerprint density at radius 1 is 1.35 bits per heavy atom. The Labute approximate surface area is 151 Å². The number of aromatic amines is 1. The van der Waals surface area contributed by atoms with E-state index < -0.39 is 0 Å². The number of ether oxygens (including phenoxy) is 1. The van der Waals surface area contributed by atoms with Crippen LogP contribution in [-0.4, -0.2) is 40.7 Å². The van der Waals surface area contributed by atoms with Crippen molar-refractivity contribution in [2.45, 2.75) is 6.42 Å². The molecule has 0 aliphatic rings. The number of carbonyl (C=O) groups is 2. The molecule has 122 valence electrons. The first kappa shape index (κ1) is 17.8. The van der Waals surface area contributed by atoms with Gasteiger partial charge >= 0.3 is 5.97 Å². The number of benzene rings is 1. The number of aromatic nitrogens is 2. The molecule has 0 aliphatic heterocycles. The van der Waals surface area contributed by atoms with Crippen LogP contribution in [0, 0.1) is 3.57 Å². The van der Waals surface area contributed by atoms with Crippen LogP contribution >= 0.6 is 34.4 Å². The molecule has 0 bridgehead atoms. The molecule has 8 heteroatoms. The minimum atomic E-state index is -0.287. The van der Waals surface area contributed by atoms with Gasteiger partial charge in [-0.05, 0) is 40.3 Å². The lowest BCUT2D eigenvalue weighted by atomic mass is 10.1. The van der Waals surface area contributed by atoms with E-state index >= 15 is 0 Å². The largest absolute Gasteiger partial charge is 0.468 e. The summed E-state index contributed by atoms with van der Waals surface area (Å²) in [6, 6.07) is 9.79. The molecule has 0 radical (unpaired) electrons. The van der Waals surface area contributed by atoms with Gasteiger partial charge in [0.05, 0.1) is 18.6 Å². The number of rotatable bonds is 7. The summed E-state index contributed by atoms with van der Waals surface area (Å²) in [5, 5.41) is 9.72. The number of H-pyrrole nitrogens is 1. The van der Waals surface area contributed by atoms with Gasteiger partial charge in [0.1, 0.15) is 0 Å². The number of esters is 1. The maximum atomic E-state index is 11.8. The van der Waals surface area contributed by atoms with Crippen molar-refractivity contribution in [3.8, 4) is 11.3 Å². The molecule has 0 spiro atoms. The second kappa shape index (κ2) is 8.92. The van der Waals surface area contributed by atoms with Crippen LogP contribution in [-0.2, 0) is 14.3 Å². The fourth-order valence-corrected chi connectivity index (χ4v) is 2.87. The van der Waals surface area contributed by atoms with E-state index in [2.05, 4.69) is 42.8 Å². The third-order valence-corrected chi connectivity index (χ3v) is 4.57. The summed E-state index contributed by atoms with van der Waals surface area (Å²) in [5.74, 6) is 0.868. The van der Waals surface area contributed by atoms with Crippen LogP contribution in [0.15, 0.2) is 30.3 Å². The molecular formula is C15H16IN3O3S. The number of carbonyl (C=O) groups excluding carboxylic acids is 2. The molecule has 0 saturated heterocycles. The standard InChI is InChI=1S/C15H16IN3O3S/c1-22-15(21)9-23-7-6-14(20)17-13-8-12(18-19-13)10-2-4-11(16)5-3-10/h2-5,8H,6-7,9H2,1H3,(H2,17,18,19,20). The smallest absolute Gasteiger partial charge is 0.315 e. The van der Waals surface area contributed by atoms with Crippen molar-refractivity contribution in [2.75, 3.05) is 23.9 Å². The predicted octanol–water partition coefficient (Wildman–Crippen LogP) is 2.92. The molecule has 0 saturated carbocycles. The summed E-state index contributed by atoms with van der Waals surface area (Å²) in [6.45, 7) is 0. The molecule has 23 heavy (non-hydrogen) atoms. The van der Waals surface area contributed by atoms with Crippen LogP contribution in [0.25, 0.3) is 11.3 Å². The lowest BCUT2D eigenvalue weighted by molar-refractivity contribution is -0.137. The number of amides is 1. The van der Waals surface area contributed by atoms with Gasteiger partial charge in [0.2, 0.25) is 5.91 Å². The van der Waals surface area contributed by atoms with Crippen LogP contribution in [0.3, 0.4) is 0 Å². The van der Waals surface area contributed by atoms with E-state index in [4.69, 9.17) is 0 Å². The lowest BCUT2D eigenvalue weighted by Gasteiger charge is -2.01. The molecule has 2 aromatic rings. The van der Waals surface area contributed by atoms with E-state index in [1.807, 2.05) is 24.3 Å². The quantitative estimate of drug-likeness (QED) is 0.389. The highest BCUT2D eigenvalue weighted by Gasteiger charge is 2.08. The van der Waals surface area contributed by atoms with Crippen LogP contribution in [0.2, 0.25) is 0 Å². The van der Waals surface area contributed by atoms with Crippen LogP contribution in [0.4, 0.5) is 5.82 Å². The minimum Gasteiger partial charge on any atom is -0.468 e. The first-order valence-corrected chi connectivity index (χ1v) is 9.07. The molecule has 0 unspecified atom stereocenters. The van der Waals surface area contributed by atoms with Crippen molar-refractivity contribution in [1.29, 1.82) is 0 Å². The molecule has 2 rings (SSSR count). The summed E-state index contributed by atoms with van der Waals surface area (Å²) < 4.78 is 5.69.